The molecule has 0 fully saturated rings. The van der Waals surface area contributed by atoms with Crippen molar-refractivity contribution in [2.45, 2.75) is 37.1 Å². The molecule has 2 N–H and O–H groups in total. The van der Waals surface area contributed by atoms with E-state index >= 15 is 0 Å². The normalized spacial score (nSPS) is 11.0. The Morgan fingerprint density at radius 3 is 2.73 bits per heavy atom. The zero-order valence-corrected chi connectivity index (χ0v) is 15.5. The van der Waals surface area contributed by atoms with Gasteiger partial charge in [0.2, 0.25) is 17.6 Å². The summed E-state index contributed by atoms with van der Waals surface area (Å²) in [6.45, 7) is 2.12. The van der Waals surface area contributed by atoms with Crippen LogP contribution in [0.1, 0.15) is 30.6 Å². The first-order chi connectivity index (χ1) is 12.6. The highest BCUT2D eigenvalue weighted by Gasteiger charge is 2.13. The van der Waals surface area contributed by atoms with Gasteiger partial charge in [-0.15, -0.1) is 10.2 Å². The van der Waals surface area contributed by atoms with Crippen LogP contribution in [0.5, 0.6) is 0 Å². The number of primary amides is 1. The van der Waals surface area contributed by atoms with Gasteiger partial charge in [-0.25, -0.2) is 0 Å². The molecule has 8 nitrogen and oxygen atoms in total. The number of amides is 1. The molecule has 0 bridgehead atoms. The Morgan fingerprint density at radius 2 is 2.04 bits per heavy atom. The molecule has 1 aromatic carbocycles. The molecular formula is C17H20N6O2S. The second-order valence-electron chi connectivity index (χ2n) is 5.78. The molecule has 0 aliphatic rings. The van der Waals surface area contributed by atoms with E-state index < -0.39 is 0 Å². The summed E-state index contributed by atoms with van der Waals surface area (Å²) in [5.41, 5.74) is 7.36. The van der Waals surface area contributed by atoms with Crippen molar-refractivity contribution >= 4 is 17.7 Å². The van der Waals surface area contributed by atoms with Crippen molar-refractivity contribution in [3.63, 3.8) is 0 Å². The lowest BCUT2D eigenvalue weighted by molar-refractivity contribution is -0.118. The maximum atomic E-state index is 10.9. The Kier molecular flexibility index (Phi) is 5.67. The summed E-state index contributed by atoms with van der Waals surface area (Å²) in [6.07, 6.45) is 1.71. The third-order valence-corrected chi connectivity index (χ3v) is 4.94. The monoisotopic (exact) mass is 372 g/mol. The molecule has 2 aromatic heterocycles. The number of carbonyl (C=O) groups excluding carboxylic acids is 1. The standard InChI is InChI=1S/C17H20N6O2S/c1-3-11-4-6-12(7-5-11)16-19-15(25-22-16)10-26-17-21-20-14(23(17)2)9-8-13(18)24/h4-7H,3,8-10H2,1-2H3,(H2,18,24). The predicted octanol–water partition coefficient (Wildman–Crippen LogP) is 2.14. The summed E-state index contributed by atoms with van der Waals surface area (Å²) in [6, 6.07) is 8.11. The molecule has 3 aromatic rings. The zero-order valence-electron chi connectivity index (χ0n) is 14.7. The van der Waals surface area contributed by atoms with Crippen molar-refractivity contribution in [1.82, 2.24) is 24.9 Å². The van der Waals surface area contributed by atoms with Crippen molar-refractivity contribution in [2.75, 3.05) is 0 Å². The van der Waals surface area contributed by atoms with Crippen molar-refractivity contribution in [3.8, 4) is 11.4 Å². The molecule has 0 spiro atoms. The Morgan fingerprint density at radius 1 is 1.27 bits per heavy atom. The molecule has 3 rings (SSSR count). The minimum absolute atomic E-state index is 0.250. The van der Waals surface area contributed by atoms with Crippen LogP contribution in [0.25, 0.3) is 11.4 Å². The van der Waals surface area contributed by atoms with Gasteiger partial charge in [0.05, 0.1) is 5.75 Å². The highest BCUT2D eigenvalue weighted by molar-refractivity contribution is 7.98. The molecule has 0 saturated carbocycles. The molecule has 0 atom stereocenters. The van der Waals surface area contributed by atoms with E-state index in [1.54, 1.807) is 0 Å². The molecule has 0 aliphatic heterocycles. The van der Waals surface area contributed by atoms with Gasteiger partial charge in [-0.3, -0.25) is 4.79 Å². The van der Waals surface area contributed by atoms with Crippen LogP contribution in [0.2, 0.25) is 0 Å². The molecule has 0 aliphatic carbocycles. The van der Waals surface area contributed by atoms with Crippen LogP contribution in [0.4, 0.5) is 0 Å². The maximum Gasteiger partial charge on any atom is 0.237 e. The largest absolute Gasteiger partial charge is 0.370 e. The summed E-state index contributed by atoms with van der Waals surface area (Å²) >= 11 is 1.45. The summed E-state index contributed by atoms with van der Waals surface area (Å²) in [5, 5.41) is 13.0. The second kappa shape index (κ2) is 8.13. The fourth-order valence-corrected chi connectivity index (χ4v) is 3.14. The van der Waals surface area contributed by atoms with Crippen LogP contribution >= 0.6 is 11.8 Å². The van der Waals surface area contributed by atoms with E-state index in [4.69, 9.17) is 10.3 Å². The highest BCUT2D eigenvalue weighted by Crippen LogP contribution is 2.23. The lowest BCUT2D eigenvalue weighted by atomic mass is 10.1. The highest BCUT2D eigenvalue weighted by atomic mass is 32.2. The summed E-state index contributed by atoms with van der Waals surface area (Å²) < 4.78 is 7.16. The van der Waals surface area contributed by atoms with E-state index in [9.17, 15) is 4.79 Å². The van der Waals surface area contributed by atoms with Crippen LogP contribution in [0, 0.1) is 0 Å². The lowest BCUT2D eigenvalue weighted by Crippen LogP contribution is -2.12. The Bertz CT molecular complexity index is 887. The number of hydrogen-bond donors (Lipinski definition) is 1. The summed E-state index contributed by atoms with van der Waals surface area (Å²) in [4.78, 5) is 15.3. The SMILES string of the molecule is CCc1ccc(-c2noc(CSc3nnc(CCC(N)=O)n3C)n2)cc1. The van der Waals surface area contributed by atoms with Crippen molar-refractivity contribution in [1.29, 1.82) is 0 Å². The molecule has 9 heteroatoms. The number of aromatic nitrogens is 5. The quantitative estimate of drug-likeness (QED) is 0.603. The van der Waals surface area contributed by atoms with Gasteiger partial charge in [-0.05, 0) is 12.0 Å². The van der Waals surface area contributed by atoms with E-state index in [1.165, 1.54) is 17.3 Å². The molecule has 0 unspecified atom stereocenters. The predicted molar refractivity (Wildman–Crippen MR) is 97.2 cm³/mol. The Balaban J connectivity index is 1.62. The molecule has 0 saturated heterocycles. The second-order valence-corrected chi connectivity index (χ2v) is 6.72. The number of carbonyl (C=O) groups is 1. The van der Waals surface area contributed by atoms with Gasteiger partial charge in [0.1, 0.15) is 5.82 Å². The Labute approximate surface area is 155 Å². The number of aryl methyl sites for hydroxylation is 2. The zero-order chi connectivity index (χ0) is 18.5. The van der Waals surface area contributed by atoms with E-state index in [0.29, 0.717) is 29.7 Å². The number of hydrogen-bond acceptors (Lipinski definition) is 7. The number of rotatable bonds is 8. The molecule has 0 radical (unpaired) electrons. The minimum Gasteiger partial charge on any atom is -0.370 e. The van der Waals surface area contributed by atoms with Crippen LogP contribution < -0.4 is 5.73 Å². The minimum atomic E-state index is -0.354. The van der Waals surface area contributed by atoms with Gasteiger partial charge >= 0.3 is 0 Å². The van der Waals surface area contributed by atoms with E-state index in [0.717, 1.165) is 17.1 Å². The number of nitrogens with zero attached hydrogens (tertiary/aromatic N) is 5. The van der Waals surface area contributed by atoms with Crippen LogP contribution in [-0.2, 0) is 30.4 Å². The van der Waals surface area contributed by atoms with Gasteiger partial charge < -0.3 is 14.8 Å². The van der Waals surface area contributed by atoms with Gasteiger partial charge in [0.25, 0.3) is 0 Å². The van der Waals surface area contributed by atoms with Crippen LogP contribution in [0.3, 0.4) is 0 Å². The average molecular weight is 372 g/mol. The fourth-order valence-electron chi connectivity index (χ4n) is 2.37. The van der Waals surface area contributed by atoms with Crippen molar-refractivity contribution in [2.24, 2.45) is 12.8 Å². The van der Waals surface area contributed by atoms with E-state index in [-0.39, 0.29) is 12.3 Å². The topological polar surface area (TPSA) is 113 Å². The van der Waals surface area contributed by atoms with Gasteiger partial charge in [-0.1, -0.05) is 48.1 Å². The third-order valence-electron chi connectivity index (χ3n) is 3.93. The van der Waals surface area contributed by atoms with Crippen LogP contribution in [-0.4, -0.2) is 30.8 Å². The average Bonchev–Trinajstić information content (AvgIpc) is 3.25. The Hall–Kier alpha value is -2.68. The van der Waals surface area contributed by atoms with E-state index in [2.05, 4.69) is 39.4 Å². The molecule has 136 valence electrons. The summed E-state index contributed by atoms with van der Waals surface area (Å²) in [7, 11) is 1.85. The molecular weight excluding hydrogens is 352 g/mol. The third kappa shape index (κ3) is 4.29. The van der Waals surface area contributed by atoms with Crippen molar-refractivity contribution < 1.29 is 9.32 Å². The van der Waals surface area contributed by atoms with Gasteiger partial charge in [-0.2, -0.15) is 4.98 Å². The fraction of sp³-hybridized carbons (Fsp3) is 0.353. The van der Waals surface area contributed by atoms with Gasteiger partial charge in [0.15, 0.2) is 5.16 Å². The number of thioether (sulfide) groups is 1. The maximum absolute atomic E-state index is 10.9. The van der Waals surface area contributed by atoms with E-state index in [1.807, 2.05) is 23.7 Å². The first kappa shape index (κ1) is 18.1. The number of nitrogens with two attached hydrogens (primary N) is 1. The molecule has 26 heavy (non-hydrogen) atoms. The van der Waals surface area contributed by atoms with Gasteiger partial charge in [0, 0.05) is 25.5 Å². The summed E-state index contributed by atoms with van der Waals surface area (Å²) in [5.74, 6) is 1.94. The molecule has 2 heterocycles. The smallest absolute Gasteiger partial charge is 0.237 e. The first-order valence-corrected chi connectivity index (χ1v) is 9.26. The number of benzene rings is 1. The molecule has 1 amide bonds. The lowest BCUT2D eigenvalue weighted by Gasteiger charge is -2.01. The van der Waals surface area contributed by atoms with Crippen LogP contribution in [0.15, 0.2) is 33.9 Å². The van der Waals surface area contributed by atoms with Crippen molar-refractivity contribution in [3.05, 3.63) is 41.5 Å². The first-order valence-electron chi connectivity index (χ1n) is 8.28.